The highest BCUT2D eigenvalue weighted by molar-refractivity contribution is 7.91. The Balaban J connectivity index is 2.93. The van der Waals surface area contributed by atoms with Crippen LogP contribution < -0.4 is 4.74 Å². The van der Waals surface area contributed by atoms with Gasteiger partial charge in [-0.3, -0.25) is 4.57 Å². The maximum absolute atomic E-state index is 13.8. The molecule has 10 heteroatoms. The average molecular weight is 404 g/mol. The van der Waals surface area contributed by atoms with E-state index in [9.17, 15) is 27.6 Å². The molecule has 148 valence electrons. The summed E-state index contributed by atoms with van der Waals surface area (Å²) in [7, 11) is 1.20. The molecule has 1 atom stereocenters. The van der Waals surface area contributed by atoms with Crippen molar-refractivity contribution in [1.82, 2.24) is 4.57 Å². The first-order chi connectivity index (χ1) is 12.3. The largest absolute Gasteiger partial charge is 0.591 e. The van der Waals surface area contributed by atoms with Gasteiger partial charge >= 0.3 is 12.3 Å². The van der Waals surface area contributed by atoms with E-state index in [0.29, 0.717) is 5.56 Å². The highest BCUT2D eigenvalue weighted by atomic mass is 32.2. The molecule has 2 rings (SSSR count). The number of fused-ring (bicyclic) bond motifs is 1. The summed E-state index contributed by atoms with van der Waals surface area (Å²) in [5.74, 6) is -0.134. The van der Waals surface area contributed by atoms with Crippen LogP contribution in [0.4, 0.5) is 18.0 Å². The third-order valence-corrected chi connectivity index (χ3v) is 5.15. The molecule has 0 spiro atoms. The number of benzene rings is 1. The van der Waals surface area contributed by atoms with Crippen LogP contribution in [-0.4, -0.2) is 44.1 Å². The summed E-state index contributed by atoms with van der Waals surface area (Å²) in [6.45, 7) is 6.07. The molecule has 0 saturated carbocycles. The number of alkyl halides is 3. The van der Waals surface area contributed by atoms with Crippen LogP contribution in [0.25, 0.3) is 10.9 Å². The molecule has 0 aliphatic rings. The van der Waals surface area contributed by atoms with Crippen molar-refractivity contribution in [3.05, 3.63) is 29.5 Å². The molecular formula is C17H19F3N2O4S. The number of carbonyl (C=O) groups is 1. The maximum Gasteiger partial charge on any atom is 0.438 e. The van der Waals surface area contributed by atoms with E-state index in [-0.39, 0.29) is 16.7 Å². The van der Waals surface area contributed by atoms with Crippen molar-refractivity contribution < 1.29 is 32.4 Å². The topological polar surface area (TPSA) is 86.9 Å². The van der Waals surface area contributed by atoms with E-state index in [2.05, 4.69) is 4.40 Å². The van der Waals surface area contributed by atoms with Crippen molar-refractivity contribution in [1.29, 1.82) is 0 Å². The molecule has 0 aliphatic heterocycles. The number of hydrogen-bond acceptors (Lipinski definition) is 4. The third-order valence-electron chi connectivity index (χ3n) is 3.75. The van der Waals surface area contributed by atoms with E-state index >= 15 is 0 Å². The molecule has 2 aromatic rings. The predicted octanol–water partition coefficient (Wildman–Crippen LogP) is 4.30. The van der Waals surface area contributed by atoms with Gasteiger partial charge in [-0.1, -0.05) is 4.40 Å². The van der Waals surface area contributed by atoms with Crippen molar-refractivity contribution >= 4 is 34.1 Å². The van der Waals surface area contributed by atoms with Crippen LogP contribution in [0.3, 0.4) is 0 Å². The zero-order valence-electron chi connectivity index (χ0n) is 15.3. The first-order valence-corrected chi connectivity index (χ1v) is 8.90. The molecule has 0 fully saturated rings. The summed E-state index contributed by atoms with van der Waals surface area (Å²) in [5, 5.41) is 9.29. The number of aromatic nitrogens is 1. The number of carboxylic acid groups (broad SMARTS) is 1. The Labute approximate surface area is 157 Å². The number of nitrogens with zero attached hydrogens (tertiary/aromatic N) is 2. The van der Waals surface area contributed by atoms with Gasteiger partial charge in [0.25, 0.3) is 0 Å². The Kier molecular flexibility index (Phi) is 5.53. The summed E-state index contributed by atoms with van der Waals surface area (Å²) in [6.07, 6.45) is -5.12. The van der Waals surface area contributed by atoms with E-state index in [4.69, 9.17) is 4.74 Å². The minimum absolute atomic E-state index is 0.00349. The van der Waals surface area contributed by atoms with Crippen molar-refractivity contribution in [2.24, 2.45) is 4.40 Å². The zero-order valence-corrected chi connectivity index (χ0v) is 16.2. The number of ether oxygens (including phenoxy) is 1. The minimum atomic E-state index is -4.93. The van der Waals surface area contributed by atoms with Gasteiger partial charge < -0.3 is 14.4 Å². The second-order valence-electron chi connectivity index (χ2n) is 6.80. The van der Waals surface area contributed by atoms with Gasteiger partial charge in [-0.05, 0) is 45.4 Å². The maximum atomic E-state index is 13.8. The fourth-order valence-corrected chi connectivity index (χ4v) is 3.16. The number of rotatable bonds is 3. The van der Waals surface area contributed by atoms with Crippen LogP contribution in [0.2, 0.25) is 0 Å². The molecule has 1 heterocycles. The van der Waals surface area contributed by atoms with Crippen molar-refractivity contribution in [2.45, 2.75) is 38.6 Å². The van der Waals surface area contributed by atoms with Gasteiger partial charge in [-0.15, -0.1) is 0 Å². The molecule has 0 amide bonds. The second-order valence-corrected chi connectivity index (χ2v) is 8.71. The van der Waals surface area contributed by atoms with Crippen LogP contribution in [0.15, 0.2) is 22.7 Å². The molecule has 0 aliphatic carbocycles. The van der Waals surface area contributed by atoms with E-state index in [1.54, 1.807) is 6.92 Å². The summed E-state index contributed by atoms with van der Waals surface area (Å²) >= 11 is -2.19. The third kappa shape index (κ3) is 4.06. The first-order valence-electron chi connectivity index (χ1n) is 7.79. The lowest BCUT2D eigenvalue weighted by atomic mass is 10.0. The lowest BCUT2D eigenvalue weighted by Crippen LogP contribution is -2.32. The molecule has 1 N–H and O–H groups in total. The minimum Gasteiger partial charge on any atom is -0.591 e. The van der Waals surface area contributed by atoms with Gasteiger partial charge in [0, 0.05) is 11.6 Å². The molecule has 0 radical (unpaired) electrons. The van der Waals surface area contributed by atoms with Gasteiger partial charge in [0.1, 0.15) is 21.9 Å². The molecular weight excluding hydrogens is 385 g/mol. The van der Waals surface area contributed by atoms with Crippen molar-refractivity contribution in [3.8, 4) is 5.75 Å². The van der Waals surface area contributed by atoms with Gasteiger partial charge in [-0.25, -0.2) is 4.79 Å². The lowest BCUT2D eigenvalue weighted by molar-refractivity contribution is -0.0579. The highest BCUT2D eigenvalue weighted by Gasteiger charge is 2.43. The average Bonchev–Trinajstić information content (AvgIpc) is 2.96. The fourth-order valence-electron chi connectivity index (χ4n) is 2.53. The standard InChI is InChI=1S/C17H19F3N2O4S/c1-9-8-11(26-5)12(10-6-7-22(13(9)10)15(23)24)14(17(18,19)20)21-27(25)16(2,3)4/h6-8H,1-5H3,(H,23,24). The van der Waals surface area contributed by atoms with Crippen LogP contribution in [0.1, 0.15) is 31.9 Å². The smallest absolute Gasteiger partial charge is 0.438 e. The molecule has 1 aromatic heterocycles. The lowest BCUT2D eigenvalue weighted by Gasteiger charge is -2.21. The Morgan fingerprint density at radius 3 is 2.37 bits per heavy atom. The zero-order chi connectivity index (χ0) is 20.7. The molecule has 6 nitrogen and oxygen atoms in total. The van der Waals surface area contributed by atoms with Crippen LogP contribution in [0.5, 0.6) is 5.75 Å². The van der Waals surface area contributed by atoms with Gasteiger partial charge in [0.05, 0.1) is 18.2 Å². The molecule has 1 unspecified atom stereocenters. The number of halogens is 3. The van der Waals surface area contributed by atoms with Crippen LogP contribution in [-0.2, 0) is 11.4 Å². The predicted molar refractivity (Wildman–Crippen MR) is 97.1 cm³/mol. The molecule has 27 heavy (non-hydrogen) atoms. The Hall–Kier alpha value is -2.20. The second kappa shape index (κ2) is 7.08. The summed E-state index contributed by atoms with van der Waals surface area (Å²) in [4.78, 5) is 11.4. The number of methoxy groups -OCH3 is 1. The quantitative estimate of drug-likeness (QED) is 0.610. The van der Waals surface area contributed by atoms with Gasteiger partial charge in [0.2, 0.25) is 5.71 Å². The highest BCUT2D eigenvalue weighted by Crippen LogP contribution is 2.37. The molecule has 1 aromatic carbocycles. The normalized spacial score (nSPS) is 14.5. The molecule has 0 bridgehead atoms. The Bertz CT molecular complexity index is 914. The summed E-state index contributed by atoms with van der Waals surface area (Å²) in [5.41, 5.74) is -1.32. The van der Waals surface area contributed by atoms with Gasteiger partial charge in [0.15, 0.2) is 0 Å². The van der Waals surface area contributed by atoms with E-state index < -0.39 is 39.7 Å². The first kappa shape index (κ1) is 21.1. The summed E-state index contributed by atoms with van der Waals surface area (Å²) < 4.78 is 62.1. The van der Waals surface area contributed by atoms with E-state index in [1.165, 1.54) is 40.0 Å². The van der Waals surface area contributed by atoms with E-state index in [1.807, 2.05) is 0 Å². The SMILES string of the molecule is COc1cc(C)c2c(ccn2C(=O)O)c1C(=N[S+]([O-])C(C)(C)C)C(F)(F)F. The Morgan fingerprint density at radius 1 is 1.33 bits per heavy atom. The summed E-state index contributed by atoms with van der Waals surface area (Å²) in [6, 6.07) is 2.55. The monoisotopic (exact) mass is 404 g/mol. The van der Waals surface area contributed by atoms with Crippen molar-refractivity contribution in [2.75, 3.05) is 7.11 Å². The van der Waals surface area contributed by atoms with Crippen LogP contribution in [0, 0.1) is 6.92 Å². The fraction of sp³-hybridized carbons (Fsp3) is 0.412. The van der Waals surface area contributed by atoms with Crippen molar-refractivity contribution in [3.63, 3.8) is 0 Å². The van der Waals surface area contributed by atoms with Gasteiger partial charge in [-0.2, -0.15) is 13.2 Å². The molecule has 0 saturated heterocycles. The number of hydrogen-bond donors (Lipinski definition) is 1. The number of aryl methyl sites for hydroxylation is 1. The van der Waals surface area contributed by atoms with E-state index in [0.717, 1.165) is 10.8 Å². The Morgan fingerprint density at radius 2 is 1.93 bits per heavy atom. The van der Waals surface area contributed by atoms with Crippen LogP contribution >= 0.6 is 0 Å².